The van der Waals surface area contributed by atoms with E-state index < -0.39 is 0 Å². The Hall–Kier alpha value is -2.90. The molecule has 1 fully saturated rings. The van der Waals surface area contributed by atoms with Gasteiger partial charge in [0, 0.05) is 42.8 Å². The number of rotatable bonds is 10. The molecule has 3 atom stereocenters. The first kappa shape index (κ1) is 21.3. The lowest BCUT2D eigenvalue weighted by Gasteiger charge is -2.28. The van der Waals surface area contributed by atoms with Crippen molar-refractivity contribution in [3.63, 3.8) is 0 Å². The van der Waals surface area contributed by atoms with E-state index in [4.69, 9.17) is 5.73 Å². The fourth-order valence-electron chi connectivity index (χ4n) is 4.06. The number of aromatic nitrogens is 2. The second-order valence-electron chi connectivity index (χ2n) is 8.60. The lowest BCUT2D eigenvalue weighted by molar-refractivity contribution is 0.0945. The van der Waals surface area contributed by atoms with E-state index in [2.05, 4.69) is 27.1 Å². The second kappa shape index (κ2) is 9.49. The molecular formula is C24H31N5O2. The number of fused-ring (bicyclic) bond motifs is 1. The van der Waals surface area contributed by atoms with Crippen molar-refractivity contribution in [2.75, 3.05) is 32.0 Å². The Kier molecular flexibility index (Phi) is 6.53. The van der Waals surface area contributed by atoms with Crippen LogP contribution in [0.15, 0.2) is 48.7 Å². The maximum Gasteiger partial charge on any atom is 0.267 e. The molecular weight excluding hydrogens is 390 g/mol. The fourth-order valence-corrected chi connectivity index (χ4v) is 4.06. The third kappa shape index (κ3) is 5.42. The molecule has 7 heteroatoms. The average molecular weight is 422 g/mol. The molecule has 0 saturated heterocycles. The molecule has 0 radical (unpaired) electrons. The van der Waals surface area contributed by atoms with Crippen molar-refractivity contribution in [2.24, 2.45) is 11.8 Å². The first-order valence-corrected chi connectivity index (χ1v) is 10.9. The molecule has 7 nitrogen and oxygen atoms in total. The SMILES string of the molecule is C[C@@H](CO)N(CCc1ccc(N)nc1)CC1CC1CNC(=O)c1cc2ccccc2[nH]1. The van der Waals surface area contributed by atoms with E-state index in [9.17, 15) is 9.90 Å². The molecule has 0 bridgehead atoms. The Morgan fingerprint density at radius 1 is 1.32 bits per heavy atom. The number of aliphatic hydroxyl groups excluding tert-OH is 1. The van der Waals surface area contributed by atoms with E-state index in [1.54, 1.807) is 0 Å². The summed E-state index contributed by atoms with van der Waals surface area (Å²) in [6.07, 6.45) is 3.79. The largest absolute Gasteiger partial charge is 0.395 e. The summed E-state index contributed by atoms with van der Waals surface area (Å²) in [6.45, 7) is 4.65. The van der Waals surface area contributed by atoms with E-state index in [1.165, 1.54) is 0 Å². The molecule has 1 aromatic carbocycles. The van der Waals surface area contributed by atoms with Crippen LogP contribution in [0.25, 0.3) is 10.9 Å². The van der Waals surface area contributed by atoms with Crippen LogP contribution >= 0.6 is 0 Å². The van der Waals surface area contributed by atoms with Crippen LogP contribution in [0.2, 0.25) is 0 Å². The zero-order valence-electron chi connectivity index (χ0n) is 17.9. The maximum absolute atomic E-state index is 12.5. The van der Waals surface area contributed by atoms with Gasteiger partial charge in [-0.2, -0.15) is 0 Å². The first-order valence-electron chi connectivity index (χ1n) is 10.9. The molecule has 4 rings (SSSR count). The molecule has 2 unspecified atom stereocenters. The number of hydrogen-bond acceptors (Lipinski definition) is 5. The average Bonchev–Trinajstić information content (AvgIpc) is 3.38. The van der Waals surface area contributed by atoms with Crippen LogP contribution in [0.5, 0.6) is 0 Å². The number of hydrogen-bond donors (Lipinski definition) is 4. The number of benzene rings is 1. The van der Waals surface area contributed by atoms with Gasteiger partial charge in [0.2, 0.25) is 0 Å². The van der Waals surface area contributed by atoms with Crippen LogP contribution in [0.3, 0.4) is 0 Å². The molecule has 3 aromatic rings. The monoisotopic (exact) mass is 421 g/mol. The van der Waals surface area contributed by atoms with Crippen molar-refractivity contribution in [3.05, 3.63) is 59.9 Å². The summed E-state index contributed by atoms with van der Waals surface area (Å²) in [5.41, 5.74) is 8.38. The third-order valence-electron chi connectivity index (χ3n) is 6.26. The summed E-state index contributed by atoms with van der Waals surface area (Å²) in [6, 6.07) is 13.7. The lowest BCUT2D eigenvalue weighted by atomic mass is 10.1. The lowest BCUT2D eigenvalue weighted by Crippen LogP contribution is -2.39. The van der Waals surface area contributed by atoms with Gasteiger partial charge in [0.1, 0.15) is 11.5 Å². The number of H-pyrrole nitrogens is 1. The molecule has 0 aliphatic heterocycles. The predicted molar refractivity (Wildman–Crippen MR) is 123 cm³/mol. The van der Waals surface area contributed by atoms with Gasteiger partial charge in [0.05, 0.1) is 6.61 Å². The summed E-state index contributed by atoms with van der Waals surface area (Å²) in [4.78, 5) is 22.2. The van der Waals surface area contributed by atoms with E-state index in [-0.39, 0.29) is 18.6 Å². The minimum Gasteiger partial charge on any atom is -0.395 e. The molecule has 1 saturated carbocycles. The highest BCUT2D eigenvalue weighted by atomic mass is 16.3. The molecule has 164 valence electrons. The molecule has 2 aromatic heterocycles. The van der Waals surface area contributed by atoms with Gasteiger partial charge in [-0.15, -0.1) is 0 Å². The van der Waals surface area contributed by atoms with Crippen LogP contribution in [-0.4, -0.2) is 58.2 Å². The standard InChI is InChI=1S/C24H31N5O2/c1-16(15-30)29(9-8-17-6-7-23(25)26-12-17)14-20-10-19(20)13-27-24(31)22-11-18-4-2-3-5-21(18)28-22/h2-7,11-12,16,19-20,28,30H,8-10,13-15H2,1H3,(H2,25,26)(H,27,31)/t16-,19?,20?/m0/s1. The Labute approximate surface area is 182 Å². The number of aliphatic hydroxyl groups is 1. The second-order valence-corrected chi connectivity index (χ2v) is 8.60. The summed E-state index contributed by atoms with van der Waals surface area (Å²) < 4.78 is 0. The Morgan fingerprint density at radius 3 is 2.90 bits per heavy atom. The highest BCUT2D eigenvalue weighted by Gasteiger charge is 2.38. The summed E-state index contributed by atoms with van der Waals surface area (Å²) in [5.74, 6) is 1.50. The minimum atomic E-state index is -0.0571. The zero-order valence-corrected chi connectivity index (χ0v) is 17.9. The van der Waals surface area contributed by atoms with Crippen molar-refractivity contribution in [1.82, 2.24) is 20.2 Å². The topological polar surface area (TPSA) is 107 Å². The molecule has 0 spiro atoms. The number of nitrogens with one attached hydrogen (secondary N) is 2. The zero-order chi connectivity index (χ0) is 21.8. The molecule has 31 heavy (non-hydrogen) atoms. The first-order chi connectivity index (χ1) is 15.0. The van der Waals surface area contributed by atoms with Gasteiger partial charge in [0.15, 0.2) is 0 Å². The number of amides is 1. The Balaban J connectivity index is 1.25. The molecule has 2 heterocycles. The number of carbonyl (C=O) groups is 1. The van der Waals surface area contributed by atoms with Crippen LogP contribution in [0.1, 0.15) is 29.4 Å². The number of pyridine rings is 1. The van der Waals surface area contributed by atoms with Crippen LogP contribution in [0, 0.1) is 11.8 Å². The number of nitrogens with zero attached hydrogens (tertiary/aromatic N) is 2. The fraction of sp³-hybridized carbons (Fsp3) is 0.417. The van der Waals surface area contributed by atoms with Crippen molar-refractivity contribution in [1.29, 1.82) is 0 Å². The quantitative estimate of drug-likeness (QED) is 0.402. The van der Waals surface area contributed by atoms with Gasteiger partial charge >= 0.3 is 0 Å². The van der Waals surface area contributed by atoms with Gasteiger partial charge in [-0.3, -0.25) is 9.69 Å². The highest BCUT2D eigenvalue weighted by molar-refractivity contribution is 5.97. The van der Waals surface area contributed by atoms with Gasteiger partial charge in [-0.25, -0.2) is 4.98 Å². The number of nitrogen functional groups attached to an aromatic ring is 1. The van der Waals surface area contributed by atoms with Crippen molar-refractivity contribution in [3.8, 4) is 0 Å². The third-order valence-corrected chi connectivity index (χ3v) is 6.26. The Bertz CT molecular complexity index is 983. The summed E-state index contributed by atoms with van der Waals surface area (Å²) in [7, 11) is 0. The van der Waals surface area contributed by atoms with E-state index in [0.29, 0.717) is 29.9 Å². The minimum absolute atomic E-state index is 0.0571. The molecule has 5 N–H and O–H groups in total. The van der Waals surface area contributed by atoms with Gasteiger partial charge in [-0.1, -0.05) is 24.3 Å². The van der Waals surface area contributed by atoms with Gasteiger partial charge < -0.3 is 21.1 Å². The highest BCUT2D eigenvalue weighted by Crippen LogP contribution is 2.38. The predicted octanol–water partition coefficient (Wildman–Crippen LogP) is 2.44. The van der Waals surface area contributed by atoms with Crippen molar-refractivity contribution in [2.45, 2.75) is 25.8 Å². The number of anilines is 1. The molecule has 1 amide bonds. The smallest absolute Gasteiger partial charge is 0.267 e. The van der Waals surface area contributed by atoms with Crippen molar-refractivity contribution < 1.29 is 9.90 Å². The van der Waals surface area contributed by atoms with Crippen LogP contribution < -0.4 is 11.1 Å². The van der Waals surface area contributed by atoms with E-state index in [0.717, 1.165) is 42.4 Å². The van der Waals surface area contributed by atoms with Gasteiger partial charge in [-0.05, 0) is 55.4 Å². The van der Waals surface area contributed by atoms with E-state index >= 15 is 0 Å². The van der Waals surface area contributed by atoms with Crippen molar-refractivity contribution >= 4 is 22.6 Å². The number of aromatic amines is 1. The van der Waals surface area contributed by atoms with E-state index in [1.807, 2.05) is 48.7 Å². The molecule has 1 aliphatic rings. The number of carbonyl (C=O) groups excluding carboxylic acids is 1. The molecule has 1 aliphatic carbocycles. The number of nitrogens with two attached hydrogens (primary N) is 1. The maximum atomic E-state index is 12.5. The van der Waals surface area contributed by atoms with Crippen LogP contribution in [0.4, 0.5) is 5.82 Å². The normalized spacial score (nSPS) is 18.9. The van der Waals surface area contributed by atoms with Crippen LogP contribution in [-0.2, 0) is 6.42 Å². The Morgan fingerprint density at radius 2 is 2.16 bits per heavy atom. The van der Waals surface area contributed by atoms with Gasteiger partial charge in [0.25, 0.3) is 5.91 Å². The summed E-state index contributed by atoms with van der Waals surface area (Å²) in [5, 5.41) is 13.8. The number of para-hydroxylation sites is 1. The summed E-state index contributed by atoms with van der Waals surface area (Å²) >= 11 is 0.